The number of carbonyl (C=O) groups is 3. The van der Waals surface area contributed by atoms with Crippen LogP contribution in [0.3, 0.4) is 0 Å². The molecule has 13 heavy (non-hydrogen) atoms. The van der Waals surface area contributed by atoms with E-state index < -0.39 is 17.8 Å². The fourth-order valence-corrected chi connectivity index (χ4v) is 0.949. The highest BCUT2D eigenvalue weighted by atomic mass is 16.2. The molecule has 1 fully saturated rings. The summed E-state index contributed by atoms with van der Waals surface area (Å²) in [4.78, 5) is 32.7. The van der Waals surface area contributed by atoms with E-state index >= 15 is 0 Å². The summed E-state index contributed by atoms with van der Waals surface area (Å²) in [5.74, 6) is -1.25. The fraction of sp³-hybridized carbons (Fsp3) is 0.375. The van der Waals surface area contributed by atoms with Crippen LogP contribution in [0.25, 0.3) is 0 Å². The molecule has 1 aliphatic heterocycles. The average Bonchev–Trinajstić information content (AvgIpc) is 2.02. The highest BCUT2D eigenvalue weighted by molar-refractivity contribution is 6.28. The molecule has 0 spiro atoms. The number of nitrogens with one attached hydrogen (secondary N) is 2. The van der Waals surface area contributed by atoms with E-state index in [4.69, 9.17) is 0 Å². The summed E-state index contributed by atoms with van der Waals surface area (Å²) in [7, 11) is 0. The molecule has 0 bridgehead atoms. The van der Waals surface area contributed by atoms with Crippen molar-refractivity contribution in [3.05, 3.63) is 11.6 Å². The number of allylic oxidation sites excluding steroid dienone is 1. The van der Waals surface area contributed by atoms with Gasteiger partial charge in [-0.05, 0) is 6.42 Å². The first-order valence-corrected chi connectivity index (χ1v) is 4.02. The molecule has 1 rings (SSSR count). The molecular weight excluding hydrogens is 172 g/mol. The van der Waals surface area contributed by atoms with Gasteiger partial charge < -0.3 is 0 Å². The first kappa shape index (κ1) is 9.44. The zero-order chi connectivity index (χ0) is 9.84. The lowest BCUT2D eigenvalue weighted by atomic mass is 10.1. The van der Waals surface area contributed by atoms with Crippen molar-refractivity contribution in [3.8, 4) is 0 Å². The van der Waals surface area contributed by atoms with Crippen molar-refractivity contribution in [3.63, 3.8) is 0 Å². The van der Waals surface area contributed by atoms with Gasteiger partial charge in [-0.2, -0.15) is 0 Å². The molecular formula is C8H10N2O3. The average molecular weight is 182 g/mol. The van der Waals surface area contributed by atoms with Crippen molar-refractivity contribution >= 4 is 17.8 Å². The first-order valence-electron chi connectivity index (χ1n) is 4.02. The van der Waals surface area contributed by atoms with Crippen LogP contribution in [-0.4, -0.2) is 17.8 Å². The molecule has 70 valence electrons. The lowest BCUT2D eigenvalue weighted by molar-refractivity contribution is -0.124. The van der Waals surface area contributed by atoms with Crippen LogP contribution in [0.15, 0.2) is 11.6 Å². The summed E-state index contributed by atoms with van der Waals surface area (Å²) in [6, 6.07) is -0.761. The molecule has 0 aromatic heterocycles. The van der Waals surface area contributed by atoms with Gasteiger partial charge in [0.25, 0.3) is 11.8 Å². The number of unbranched alkanes of at least 4 members (excludes halogenated alkanes) is 1. The molecule has 1 heterocycles. The summed E-state index contributed by atoms with van der Waals surface area (Å²) in [6.45, 7) is 1.93. The van der Waals surface area contributed by atoms with Crippen LogP contribution < -0.4 is 10.6 Å². The molecule has 0 unspecified atom stereocenters. The lowest BCUT2D eigenvalue weighted by Crippen LogP contribution is -2.51. The van der Waals surface area contributed by atoms with Crippen molar-refractivity contribution < 1.29 is 14.4 Å². The number of hydrogen-bond acceptors (Lipinski definition) is 3. The second-order valence-corrected chi connectivity index (χ2v) is 2.64. The molecule has 0 saturated carbocycles. The molecule has 0 aliphatic carbocycles. The quantitative estimate of drug-likeness (QED) is 0.469. The number of imide groups is 2. The second-order valence-electron chi connectivity index (χ2n) is 2.64. The molecule has 0 atom stereocenters. The Morgan fingerprint density at radius 3 is 2.15 bits per heavy atom. The minimum atomic E-state index is -0.761. The largest absolute Gasteiger partial charge is 0.328 e. The smallest absolute Gasteiger partial charge is 0.273 e. The van der Waals surface area contributed by atoms with Crippen molar-refractivity contribution in [2.75, 3.05) is 0 Å². The molecule has 4 amide bonds. The zero-order valence-corrected chi connectivity index (χ0v) is 7.22. The van der Waals surface area contributed by atoms with Gasteiger partial charge in [-0.15, -0.1) is 0 Å². The van der Waals surface area contributed by atoms with E-state index in [-0.39, 0.29) is 5.57 Å². The Hall–Kier alpha value is -1.65. The van der Waals surface area contributed by atoms with E-state index in [2.05, 4.69) is 0 Å². The fourth-order valence-electron chi connectivity index (χ4n) is 0.949. The highest BCUT2D eigenvalue weighted by Crippen LogP contribution is 2.02. The van der Waals surface area contributed by atoms with Gasteiger partial charge in [-0.3, -0.25) is 20.2 Å². The number of barbiturate groups is 1. The molecule has 5 nitrogen and oxygen atoms in total. The number of hydrogen-bond donors (Lipinski definition) is 2. The topological polar surface area (TPSA) is 75.3 Å². The molecule has 1 saturated heterocycles. The van der Waals surface area contributed by atoms with Crippen LogP contribution in [0.1, 0.15) is 19.8 Å². The van der Waals surface area contributed by atoms with Gasteiger partial charge in [-0.25, -0.2) is 4.79 Å². The van der Waals surface area contributed by atoms with Gasteiger partial charge in [0.15, 0.2) is 0 Å². The summed E-state index contributed by atoms with van der Waals surface area (Å²) >= 11 is 0. The predicted molar refractivity (Wildman–Crippen MR) is 44.7 cm³/mol. The van der Waals surface area contributed by atoms with Crippen molar-refractivity contribution in [1.29, 1.82) is 0 Å². The Bertz CT molecular complexity index is 272. The van der Waals surface area contributed by atoms with E-state index in [0.717, 1.165) is 6.42 Å². The van der Waals surface area contributed by atoms with E-state index in [1.54, 1.807) is 0 Å². The van der Waals surface area contributed by atoms with Gasteiger partial charge >= 0.3 is 6.03 Å². The van der Waals surface area contributed by atoms with Crippen molar-refractivity contribution in [2.24, 2.45) is 0 Å². The van der Waals surface area contributed by atoms with Crippen LogP contribution >= 0.6 is 0 Å². The molecule has 5 heteroatoms. The Morgan fingerprint density at radius 1 is 1.15 bits per heavy atom. The lowest BCUT2D eigenvalue weighted by Gasteiger charge is -2.13. The Morgan fingerprint density at radius 2 is 1.69 bits per heavy atom. The third-order valence-electron chi connectivity index (χ3n) is 1.58. The maximum Gasteiger partial charge on any atom is 0.328 e. The number of rotatable bonds is 2. The minimum absolute atomic E-state index is 0.0152. The van der Waals surface area contributed by atoms with Crippen LogP contribution in [-0.2, 0) is 9.59 Å². The Balaban J connectivity index is 2.78. The normalized spacial score (nSPS) is 16.7. The van der Waals surface area contributed by atoms with Crippen molar-refractivity contribution in [1.82, 2.24) is 10.6 Å². The first-order chi connectivity index (χ1) is 6.15. The minimum Gasteiger partial charge on any atom is -0.273 e. The Kier molecular flexibility index (Phi) is 2.79. The summed E-state index contributed by atoms with van der Waals surface area (Å²) in [6.07, 6.45) is 3.01. The SMILES string of the molecule is CCCC=C1C(=O)NC(=O)NC1=O. The monoisotopic (exact) mass is 182 g/mol. The molecule has 0 aromatic rings. The van der Waals surface area contributed by atoms with Crippen LogP contribution in [0.2, 0.25) is 0 Å². The molecule has 0 aromatic carbocycles. The maximum absolute atomic E-state index is 11.1. The van der Waals surface area contributed by atoms with Gasteiger partial charge in [0, 0.05) is 0 Å². The summed E-state index contributed by atoms with van der Waals surface area (Å²) in [5.41, 5.74) is 0.0152. The zero-order valence-electron chi connectivity index (χ0n) is 7.22. The molecule has 1 aliphatic rings. The van der Waals surface area contributed by atoms with E-state index in [1.807, 2.05) is 17.6 Å². The number of amides is 4. The third-order valence-corrected chi connectivity index (χ3v) is 1.58. The third kappa shape index (κ3) is 2.14. The highest BCUT2D eigenvalue weighted by Gasteiger charge is 2.26. The van der Waals surface area contributed by atoms with Crippen LogP contribution in [0.5, 0.6) is 0 Å². The van der Waals surface area contributed by atoms with Gasteiger partial charge in [0.1, 0.15) is 5.57 Å². The summed E-state index contributed by atoms with van der Waals surface area (Å²) in [5, 5.41) is 3.98. The maximum atomic E-state index is 11.1. The van der Waals surface area contributed by atoms with E-state index in [1.165, 1.54) is 6.08 Å². The number of carbonyl (C=O) groups excluding carboxylic acids is 3. The van der Waals surface area contributed by atoms with Gasteiger partial charge in [0.05, 0.1) is 0 Å². The molecule has 2 N–H and O–H groups in total. The van der Waals surface area contributed by atoms with Crippen LogP contribution in [0, 0.1) is 0 Å². The number of urea groups is 1. The second kappa shape index (κ2) is 3.84. The van der Waals surface area contributed by atoms with Crippen LogP contribution in [0.4, 0.5) is 4.79 Å². The van der Waals surface area contributed by atoms with E-state index in [9.17, 15) is 14.4 Å². The van der Waals surface area contributed by atoms with Gasteiger partial charge in [0.2, 0.25) is 0 Å². The summed E-state index contributed by atoms with van der Waals surface area (Å²) < 4.78 is 0. The standard InChI is InChI=1S/C8H10N2O3/c1-2-3-4-5-6(11)9-8(13)10-7(5)12/h4H,2-3H2,1H3,(H2,9,10,11,12,13). The van der Waals surface area contributed by atoms with Crippen molar-refractivity contribution in [2.45, 2.75) is 19.8 Å². The predicted octanol–water partition coefficient (Wildman–Crippen LogP) is 0.0789. The van der Waals surface area contributed by atoms with E-state index in [0.29, 0.717) is 6.42 Å². The van der Waals surface area contributed by atoms with Gasteiger partial charge in [-0.1, -0.05) is 19.4 Å². The molecule has 0 radical (unpaired) electrons. The Labute approximate surface area is 75.2 Å².